The fourth-order valence-corrected chi connectivity index (χ4v) is 3.47. The number of carbonyl (C=O) groups excluding carboxylic acids is 2. The van der Waals surface area contributed by atoms with Gasteiger partial charge in [-0.2, -0.15) is 0 Å². The molecule has 34 heavy (non-hydrogen) atoms. The fourth-order valence-electron chi connectivity index (χ4n) is 3.47. The van der Waals surface area contributed by atoms with E-state index in [1.165, 1.54) is 31.2 Å². The first kappa shape index (κ1) is 24.7. The molecule has 10 nitrogen and oxygen atoms in total. The van der Waals surface area contributed by atoms with Crippen LogP contribution in [-0.2, 0) is 22.7 Å². The van der Waals surface area contributed by atoms with Crippen molar-refractivity contribution in [1.29, 1.82) is 0 Å². The molecule has 0 aliphatic rings. The Kier molecular flexibility index (Phi) is 8.18. The van der Waals surface area contributed by atoms with Crippen LogP contribution in [0.3, 0.4) is 0 Å². The predicted octanol–water partition coefficient (Wildman–Crippen LogP) is 1.66. The zero-order valence-electron chi connectivity index (χ0n) is 19.7. The molecule has 0 aliphatic heterocycles. The SMILES string of the molecule is CC[C@@H](C)[C@H](NC(=O)Cn1cnc2cc(OC)c(OC)cc2c1=O)C(=O)NCc1ccncc1. The van der Waals surface area contributed by atoms with Gasteiger partial charge >= 0.3 is 0 Å². The van der Waals surface area contributed by atoms with Crippen molar-refractivity contribution in [1.82, 2.24) is 25.2 Å². The summed E-state index contributed by atoms with van der Waals surface area (Å²) < 4.78 is 11.7. The molecule has 0 fully saturated rings. The van der Waals surface area contributed by atoms with Gasteiger partial charge in [-0.25, -0.2) is 4.98 Å². The highest BCUT2D eigenvalue weighted by Gasteiger charge is 2.26. The van der Waals surface area contributed by atoms with E-state index >= 15 is 0 Å². The van der Waals surface area contributed by atoms with Crippen LogP contribution in [0, 0.1) is 5.92 Å². The van der Waals surface area contributed by atoms with E-state index < -0.39 is 17.5 Å². The molecule has 3 aromatic rings. The lowest BCUT2D eigenvalue weighted by Gasteiger charge is -2.23. The Hall–Kier alpha value is -3.95. The van der Waals surface area contributed by atoms with E-state index in [1.807, 2.05) is 13.8 Å². The lowest BCUT2D eigenvalue weighted by molar-refractivity contribution is -0.130. The molecule has 1 aromatic carbocycles. The highest BCUT2D eigenvalue weighted by Crippen LogP contribution is 2.29. The first-order valence-corrected chi connectivity index (χ1v) is 10.9. The standard InChI is InChI=1S/C24H29N5O5/c1-5-15(2)22(23(31)26-12-16-6-8-25-9-7-16)28-21(30)13-29-14-27-18-11-20(34-4)19(33-3)10-17(18)24(29)32/h6-11,14-15,22H,5,12-13H2,1-4H3,(H,26,31)(H,28,30)/t15-,22+/m1/s1. The van der Waals surface area contributed by atoms with Gasteiger partial charge in [0.05, 0.1) is 31.4 Å². The van der Waals surface area contributed by atoms with Gasteiger partial charge in [0.15, 0.2) is 11.5 Å². The number of fused-ring (bicyclic) bond motifs is 1. The van der Waals surface area contributed by atoms with Crippen molar-refractivity contribution in [2.75, 3.05) is 14.2 Å². The monoisotopic (exact) mass is 467 g/mol. The number of aromatic nitrogens is 3. The molecule has 2 atom stereocenters. The van der Waals surface area contributed by atoms with Crippen LogP contribution in [0.4, 0.5) is 0 Å². The van der Waals surface area contributed by atoms with Crippen LogP contribution in [-0.4, -0.2) is 46.6 Å². The normalized spacial score (nSPS) is 12.6. The van der Waals surface area contributed by atoms with E-state index in [0.29, 0.717) is 35.4 Å². The minimum absolute atomic E-state index is 0.107. The minimum Gasteiger partial charge on any atom is -0.493 e. The van der Waals surface area contributed by atoms with Crippen LogP contribution in [0.5, 0.6) is 11.5 Å². The number of hydrogen-bond acceptors (Lipinski definition) is 7. The lowest BCUT2D eigenvalue weighted by Crippen LogP contribution is -2.51. The molecule has 0 saturated carbocycles. The van der Waals surface area contributed by atoms with E-state index in [-0.39, 0.29) is 18.4 Å². The van der Waals surface area contributed by atoms with Gasteiger partial charge in [0.2, 0.25) is 11.8 Å². The number of hydrogen-bond donors (Lipinski definition) is 2. The molecule has 0 aliphatic carbocycles. The summed E-state index contributed by atoms with van der Waals surface area (Å²) in [5, 5.41) is 5.92. The van der Waals surface area contributed by atoms with Crippen molar-refractivity contribution in [2.24, 2.45) is 5.92 Å². The second-order valence-corrected chi connectivity index (χ2v) is 7.91. The average molecular weight is 468 g/mol. The van der Waals surface area contributed by atoms with Gasteiger partial charge < -0.3 is 20.1 Å². The van der Waals surface area contributed by atoms with E-state index in [9.17, 15) is 14.4 Å². The van der Waals surface area contributed by atoms with E-state index in [1.54, 1.807) is 30.6 Å². The number of methoxy groups -OCH3 is 2. The van der Waals surface area contributed by atoms with Crippen LogP contribution >= 0.6 is 0 Å². The third kappa shape index (κ3) is 5.69. The van der Waals surface area contributed by atoms with Gasteiger partial charge in [0, 0.05) is 25.0 Å². The quantitative estimate of drug-likeness (QED) is 0.465. The molecule has 2 heterocycles. The molecule has 10 heteroatoms. The van der Waals surface area contributed by atoms with Crippen molar-refractivity contribution in [3.63, 3.8) is 0 Å². The van der Waals surface area contributed by atoms with Gasteiger partial charge in [0.1, 0.15) is 12.6 Å². The number of rotatable bonds is 10. The fraction of sp³-hybridized carbons (Fsp3) is 0.375. The Balaban J connectivity index is 1.75. The Labute approximate surface area is 197 Å². The van der Waals surface area contributed by atoms with Gasteiger partial charge in [-0.05, 0) is 29.7 Å². The zero-order chi connectivity index (χ0) is 24.7. The Morgan fingerprint density at radius 2 is 1.79 bits per heavy atom. The van der Waals surface area contributed by atoms with Crippen LogP contribution < -0.4 is 25.7 Å². The molecular formula is C24H29N5O5. The summed E-state index contributed by atoms with van der Waals surface area (Å²) in [4.78, 5) is 46.8. The predicted molar refractivity (Wildman–Crippen MR) is 127 cm³/mol. The van der Waals surface area contributed by atoms with E-state index in [0.717, 1.165) is 5.56 Å². The number of pyridine rings is 1. The number of ether oxygens (including phenoxy) is 2. The largest absolute Gasteiger partial charge is 0.493 e. The van der Waals surface area contributed by atoms with Gasteiger partial charge in [-0.15, -0.1) is 0 Å². The molecule has 180 valence electrons. The number of nitrogens with zero attached hydrogens (tertiary/aromatic N) is 3. The van der Waals surface area contributed by atoms with Crippen molar-refractivity contribution in [3.8, 4) is 11.5 Å². The maximum absolute atomic E-state index is 13.0. The van der Waals surface area contributed by atoms with Crippen LogP contribution in [0.2, 0.25) is 0 Å². The number of nitrogens with one attached hydrogen (secondary N) is 2. The van der Waals surface area contributed by atoms with Gasteiger partial charge in [-0.3, -0.25) is 23.9 Å². The summed E-state index contributed by atoms with van der Waals surface area (Å²) in [6.45, 7) is 3.88. The zero-order valence-corrected chi connectivity index (χ0v) is 19.7. The second kappa shape index (κ2) is 11.3. The Bertz CT molecular complexity index is 1210. The van der Waals surface area contributed by atoms with E-state index in [2.05, 4.69) is 20.6 Å². The topological polar surface area (TPSA) is 124 Å². The lowest BCUT2D eigenvalue weighted by atomic mass is 9.98. The van der Waals surface area contributed by atoms with Gasteiger partial charge in [-0.1, -0.05) is 20.3 Å². The highest BCUT2D eigenvalue weighted by atomic mass is 16.5. The van der Waals surface area contributed by atoms with Crippen LogP contribution in [0.1, 0.15) is 25.8 Å². The number of benzene rings is 1. The first-order chi connectivity index (χ1) is 16.4. The summed E-state index contributed by atoms with van der Waals surface area (Å²) in [5.74, 6) is -0.0247. The third-order valence-corrected chi connectivity index (χ3v) is 5.67. The van der Waals surface area contributed by atoms with Crippen LogP contribution in [0.15, 0.2) is 47.8 Å². The van der Waals surface area contributed by atoms with Crippen molar-refractivity contribution in [2.45, 2.75) is 39.4 Å². The third-order valence-electron chi connectivity index (χ3n) is 5.67. The molecule has 0 spiro atoms. The molecular weight excluding hydrogens is 438 g/mol. The minimum atomic E-state index is -0.743. The average Bonchev–Trinajstić information content (AvgIpc) is 2.87. The van der Waals surface area contributed by atoms with Crippen molar-refractivity contribution < 1.29 is 19.1 Å². The van der Waals surface area contributed by atoms with Crippen molar-refractivity contribution in [3.05, 3.63) is 58.9 Å². The van der Waals surface area contributed by atoms with Crippen molar-refractivity contribution >= 4 is 22.7 Å². The summed E-state index contributed by atoms with van der Waals surface area (Å²) in [7, 11) is 2.97. The Morgan fingerprint density at radius 1 is 1.12 bits per heavy atom. The molecule has 3 rings (SSSR count). The summed E-state index contributed by atoms with van der Waals surface area (Å²) in [6, 6.07) is 6.01. The Morgan fingerprint density at radius 3 is 2.44 bits per heavy atom. The summed E-state index contributed by atoms with van der Waals surface area (Å²) >= 11 is 0. The smallest absolute Gasteiger partial charge is 0.261 e. The molecule has 2 amide bonds. The first-order valence-electron chi connectivity index (χ1n) is 10.9. The molecule has 2 N–H and O–H groups in total. The molecule has 2 aromatic heterocycles. The molecule has 0 saturated heterocycles. The van der Waals surface area contributed by atoms with Crippen LogP contribution in [0.25, 0.3) is 10.9 Å². The van der Waals surface area contributed by atoms with Gasteiger partial charge in [0.25, 0.3) is 5.56 Å². The molecule has 0 radical (unpaired) electrons. The number of amides is 2. The maximum Gasteiger partial charge on any atom is 0.261 e. The molecule has 0 bridgehead atoms. The summed E-state index contributed by atoms with van der Waals surface area (Å²) in [6.07, 6.45) is 5.29. The molecule has 0 unspecified atom stereocenters. The maximum atomic E-state index is 13.0. The number of carbonyl (C=O) groups is 2. The highest BCUT2D eigenvalue weighted by molar-refractivity contribution is 5.88. The summed E-state index contributed by atoms with van der Waals surface area (Å²) in [5.41, 5.74) is 0.925. The second-order valence-electron chi connectivity index (χ2n) is 7.91. The van der Waals surface area contributed by atoms with E-state index in [4.69, 9.17) is 9.47 Å².